The number of morpholine rings is 1. The van der Waals surface area contributed by atoms with Crippen LogP contribution in [0.25, 0.3) is 11.3 Å². The number of aromatic nitrogens is 3. The lowest BCUT2D eigenvalue weighted by Crippen LogP contribution is -2.44. The fourth-order valence-corrected chi connectivity index (χ4v) is 3.99. The molecule has 1 unspecified atom stereocenters. The zero-order chi connectivity index (χ0) is 21.9. The minimum absolute atomic E-state index is 0.231. The Morgan fingerprint density at radius 1 is 1.06 bits per heavy atom. The van der Waals surface area contributed by atoms with Crippen molar-refractivity contribution in [1.82, 2.24) is 20.3 Å². The van der Waals surface area contributed by atoms with Crippen LogP contribution in [0.3, 0.4) is 0 Å². The fraction of sp³-hybridized carbons (Fsp3) is 0.304. The van der Waals surface area contributed by atoms with Crippen molar-refractivity contribution < 1.29 is 9.53 Å². The highest BCUT2D eigenvalue weighted by Gasteiger charge is 2.26. The summed E-state index contributed by atoms with van der Waals surface area (Å²) in [6.45, 7) is 5.76. The normalized spacial score (nSPS) is 17.7. The topological polar surface area (TPSA) is 104 Å². The van der Waals surface area contributed by atoms with Crippen molar-refractivity contribution in [3.05, 3.63) is 60.0 Å². The van der Waals surface area contributed by atoms with Crippen molar-refractivity contribution in [2.45, 2.75) is 26.1 Å². The summed E-state index contributed by atoms with van der Waals surface area (Å²) in [5, 5.41) is 9.02. The van der Waals surface area contributed by atoms with Gasteiger partial charge in [-0.3, -0.25) is 4.98 Å². The van der Waals surface area contributed by atoms with E-state index in [1.54, 1.807) is 24.5 Å². The van der Waals surface area contributed by atoms with Crippen LogP contribution in [-0.2, 0) is 17.8 Å². The van der Waals surface area contributed by atoms with Crippen LogP contribution < -0.4 is 20.9 Å². The van der Waals surface area contributed by atoms with Crippen LogP contribution in [-0.4, -0.2) is 46.8 Å². The van der Waals surface area contributed by atoms with Crippen LogP contribution in [0.5, 0.6) is 0 Å². The number of carbonyl (C=O) groups excluding carboxylic acids is 1. The molecule has 3 N–H and O–H groups in total. The lowest BCUT2D eigenvalue weighted by Gasteiger charge is -2.33. The third-order valence-electron chi connectivity index (χ3n) is 5.65. The molecule has 1 aromatic carbocycles. The van der Waals surface area contributed by atoms with E-state index in [4.69, 9.17) is 14.7 Å². The number of anilines is 3. The number of fused-ring (bicyclic) bond motifs is 1. The maximum atomic E-state index is 12.3. The maximum absolute atomic E-state index is 12.3. The number of urea groups is 1. The third-order valence-corrected chi connectivity index (χ3v) is 5.65. The molecule has 0 radical (unpaired) electrons. The number of nitrogens with one attached hydrogen (secondary N) is 3. The largest absolute Gasteiger partial charge is 0.377 e. The Kier molecular flexibility index (Phi) is 5.66. The molecular formula is C23H25N7O2. The number of ether oxygens (including phenoxy) is 1. The standard InChI is InChI=1S/C23H25N7O2/c1-15-14-32-11-10-30(15)22-28-20-13-25-12-19(20)21(29-22)16-2-4-17(5-3-16)26-23(31)27-18-6-8-24-9-7-18/h2-9,15,25H,10-14H2,1H3,(H2,24,26,27,31). The maximum Gasteiger partial charge on any atom is 0.323 e. The number of hydrogen-bond acceptors (Lipinski definition) is 7. The molecule has 2 amide bonds. The Balaban J connectivity index is 1.37. The predicted molar refractivity (Wildman–Crippen MR) is 123 cm³/mol. The molecule has 2 aliphatic heterocycles. The number of pyridine rings is 1. The highest BCUT2D eigenvalue weighted by atomic mass is 16.5. The van der Waals surface area contributed by atoms with Gasteiger partial charge in [-0.25, -0.2) is 14.8 Å². The zero-order valence-electron chi connectivity index (χ0n) is 17.8. The van der Waals surface area contributed by atoms with Gasteiger partial charge in [0, 0.05) is 54.5 Å². The van der Waals surface area contributed by atoms with Gasteiger partial charge < -0.3 is 25.6 Å². The van der Waals surface area contributed by atoms with Crippen molar-refractivity contribution in [2.75, 3.05) is 35.3 Å². The average Bonchev–Trinajstić information content (AvgIpc) is 3.29. The molecule has 9 nitrogen and oxygen atoms in total. The van der Waals surface area contributed by atoms with Crippen LogP contribution in [0.1, 0.15) is 18.2 Å². The SMILES string of the molecule is CC1COCCN1c1nc2c(c(-c3ccc(NC(=O)Nc4ccncc4)cc3)n1)CNC2. The van der Waals surface area contributed by atoms with Crippen molar-refractivity contribution in [1.29, 1.82) is 0 Å². The van der Waals surface area contributed by atoms with Gasteiger partial charge in [0.1, 0.15) is 0 Å². The Morgan fingerprint density at radius 2 is 1.81 bits per heavy atom. The van der Waals surface area contributed by atoms with Gasteiger partial charge in [0.15, 0.2) is 0 Å². The molecule has 32 heavy (non-hydrogen) atoms. The molecule has 1 saturated heterocycles. The summed E-state index contributed by atoms with van der Waals surface area (Å²) in [5.41, 5.74) is 5.48. The summed E-state index contributed by atoms with van der Waals surface area (Å²) in [6.07, 6.45) is 3.26. The van der Waals surface area contributed by atoms with Crippen LogP contribution >= 0.6 is 0 Å². The van der Waals surface area contributed by atoms with E-state index in [1.165, 1.54) is 0 Å². The second-order valence-corrected chi connectivity index (χ2v) is 7.91. The van der Waals surface area contributed by atoms with Gasteiger partial charge in [-0.2, -0.15) is 0 Å². The van der Waals surface area contributed by atoms with E-state index >= 15 is 0 Å². The first-order valence-corrected chi connectivity index (χ1v) is 10.7. The van der Waals surface area contributed by atoms with Gasteiger partial charge in [0.2, 0.25) is 5.95 Å². The molecule has 0 saturated carbocycles. The molecule has 164 valence electrons. The molecular weight excluding hydrogens is 406 g/mol. The Labute approximate surface area is 186 Å². The van der Waals surface area contributed by atoms with Crippen LogP contribution in [0.15, 0.2) is 48.8 Å². The summed E-state index contributed by atoms with van der Waals surface area (Å²) >= 11 is 0. The lowest BCUT2D eigenvalue weighted by molar-refractivity contribution is 0.0981. The molecule has 2 aromatic heterocycles. The minimum Gasteiger partial charge on any atom is -0.377 e. The van der Waals surface area contributed by atoms with Gasteiger partial charge in [-0.05, 0) is 31.2 Å². The molecule has 3 aromatic rings. The van der Waals surface area contributed by atoms with E-state index in [1.807, 2.05) is 24.3 Å². The van der Waals surface area contributed by atoms with Gasteiger partial charge in [0.05, 0.1) is 30.6 Å². The van der Waals surface area contributed by atoms with Crippen LogP contribution in [0, 0.1) is 0 Å². The summed E-state index contributed by atoms with van der Waals surface area (Å²) in [7, 11) is 0. The van der Waals surface area contributed by atoms with E-state index in [0.29, 0.717) is 24.6 Å². The Morgan fingerprint density at radius 3 is 2.56 bits per heavy atom. The average molecular weight is 432 g/mol. The fourth-order valence-electron chi connectivity index (χ4n) is 3.99. The first kappa shape index (κ1) is 20.3. The summed E-state index contributed by atoms with van der Waals surface area (Å²) in [4.78, 5) is 28.2. The first-order valence-electron chi connectivity index (χ1n) is 10.7. The Hall–Kier alpha value is -3.56. The number of hydrogen-bond donors (Lipinski definition) is 3. The molecule has 1 atom stereocenters. The van der Waals surface area contributed by atoms with Gasteiger partial charge in [-0.1, -0.05) is 12.1 Å². The van der Waals surface area contributed by atoms with Crippen LogP contribution in [0.2, 0.25) is 0 Å². The van der Waals surface area contributed by atoms with Crippen molar-refractivity contribution in [2.24, 2.45) is 0 Å². The first-order chi connectivity index (χ1) is 15.7. The zero-order valence-corrected chi connectivity index (χ0v) is 17.8. The summed E-state index contributed by atoms with van der Waals surface area (Å²) in [6, 6.07) is 11.1. The predicted octanol–water partition coefficient (Wildman–Crippen LogP) is 3.01. The molecule has 9 heteroatoms. The Bertz CT molecular complexity index is 1110. The lowest BCUT2D eigenvalue weighted by atomic mass is 10.1. The second kappa shape index (κ2) is 8.89. The highest BCUT2D eigenvalue weighted by Crippen LogP contribution is 2.30. The minimum atomic E-state index is -0.306. The van der Waals surface area contributed by atoms with Gasteiger partial charge in [0.25, 0.3) is 0 Å². The van der Waals surface area contributed by atoms with Crippen molar-refractivity contribution in [3.8, 4) is 11.3 Å². The summed E-state index contributed by atoms with van der Waals surface area (Å²) < 4.78 is 5.57. The summed E-state index contributed by atoms with van der Waals surface area (Å²) in [5.74, 6) is 0.747. The smallest absolute Gasteiger partial charge is 0.323 e. The van der Waals surface area contributed by atoms with Crippen molar-refractivity contribution >= 4 is 23.4 Å². The quantitative estimate of drug-likeness (QED) is 0.583. The van der Waals surface area contributed by atoms with E-state index in [-0.39, 0.29) is 12.1 Å². The second-order valence-electron chi connectivity index (χ2n) is 7.91. The molecule has 0 bridgehead atoms. The number of carbonyl (C=O) groups is 1. The van der Waals surface area contributed by atoms with Gasteiger partial charge >= 0.3 is 6.03 Å². The molecule has 0 spiro atoms. The number of amides is 2. The van der Waals surface area contributed by atoms with Crippen LogP contribution in [0.4, 0.5) is 22.1 Å². The third kappa shape index (κ3) is 4.25. The molecule has 2 aliphatic rings. The molecule has 0 aliphatic carbocycles. The molecule has 1 fully saturated rings. The molecule has 5 rings (SSSR count). The monoisotopic (exact) mass is 431 g/mol. The molecule has 4 heterocycles. The van der Waals surface area contributed by atoms with Crippen molar-refractivity contribution in [3.63, 3.8) is 0 Å². The van der Waals surface area contributed by atoms with E-state index in [2.05, 4.69) is 32.8 Å². The van der Waals surface area contributed by atoms with E-state index in [0.717, 1.165) is 48.1 Å². The van der Waals surface area contributed by atoms with Gasteiger partial charge in [-0.15, -0.1) is 0 Å². The van der Waals surface area contributed by atoms with E-state index in [9.17, 15) is 4.79 Å². The number of rotatable bonds is 4. The van der Waals surface area contributed by atoms with E-state index < -0.39 is 0 Å². The number of nitrogens with zero attached hydrogens (tertiary/aromatic N) is 4. The highest BCUT2D eigenvalue weighted by molar-refractivity contribution is 5.99. The number of benzene rings is 1.